The van der Waals surface area contributed by atoms with Crippen LogP contribution in [0.2, 0.25) is 0 Å². The molecule has 1 fully saturated rings. The third kappa shape index (κ3) is 5.32. The van der Waals surface area contributed by atoms with Crippen molar-refractivity contribution in [1.29, 1.82) is 5.26 Å². The van der Waals surface area contributed by atoms with Gasteiger partial charge in [-0.15, -0.1) is 0 Å². The number of aliphatic hydroxyl groups is 2. The van der Waals surface area contributed by atoms with Gasteiger partial charge in [-0.05, 0) is 12.1 Å². The van der Waals surface area contributed by atoms with Gasteiger partial charge in [-0.1, -0.05) is 0 Å². The first-order valence-corrected chi connectivity index (χ1v) is 12.7. The predicted molar refractivity (Wildman–Crippen MR) is 92.5 cm³/mol. The van der Waals surface area contributed by atoms with Gasteiger partial charge < -0.3 is 49.3 Å². The minimum Gasteiger partial charge on any atom is -0.790 e. The summed E-state index contributed by atoms with van der Waals surface area (Å²) in [7, 11) is -18.3. The number of phosphoric acid groups is 3. The average Bonchev–Trinajstić information content (AvgIpc) is 3.20. The van der Waals surface area contributed by atoms with Crippen LogP contribution in [0.25, 0.3) is 5.52 Å². The van der Waals surface area contributed by atoms with Crippen molar-refractivity contribution < 1.29 is 61.4 Å². The molecule has 6 atom stereocenters. The number of nitrogen functional groups attached to an aromatic ring is 1. The van der Waals surface area contributed by atoms with E-state index in [1.165, 1.54) is 12.1 Å². The highest BCUT2D eigenvalue weighted by Crippen LogP contribution is 2.60. The van der Waals surface area contributed by atoms with E-state index in [9.17, 15) is 48.7 Å². The fraction of sp³-hybridized carbons (Fsp3) is 0.417. The third-order valence-corrected chi connectivity index (χ3v) is 7.95. The van der Waals surface area contributed by atoms with E-state index in [0.29, 0.717) is 0 Å². The molecule has 0 aliphatic carbocycles. The first kappa shape index (κ1) is 25.8. The highest BCUT2D eigenvalue weighted by atomic mass is 31.3. The van der Waals surface area contributed by atoms with Crippen LogP contribution in [0.15, 0.2) is 18.5 Å². The van der Waals surface area contributed by atoms with Crippen LogP contribution in [-0.2, 0) is 37.2 Å². The van der Waals surface area contributed by atoms with Crippen molar-refractivity contribution in [2.75, 3.05) is 12.3 Å². The smallest absolute Gasteiger partial charge is 0.278 e. The molecule has 18 nitrogen and oxygen atoms in total. The maximum Gasteiger partial charge on any atom is 0.278 e. The van der Waals surface area contributed by atoms with Crippen molar-refractivity contribution in [2.45, 2.75) is 23.9 Å². The van der Waals surface area contributed by atoms with Crippen molar-refractivity contribution in [3.05, 3.63) is 24.2 Å². The quantitative estimate of drug-likeness (QED) is 0.275. The molecule has 0 radical (unpaired) electrons. The minimum atomic E-state index is -6.20. The number of nitrogens with two attached hydrogens (primary N) is 1. The summed E-state index contributed by atoms with van der Waals surface area (Å²) in [6.45, 7) is -1.21. The van der Waals surface area contributed by atoms with Crippen molar-refractivity contribution in [2.24, 2.45) is 0 Å². The Bertz CT molecular complexity index is 1240. The molecule has 2 unspecified atom stereocenters. The van der Waals surface area contributed by atoms with E-state index in [-0.39, 0.29) is 17.0 Å². The Labute approximate surface area is 183 Å². The molecule has 2 aromatic heterocycles. The SMILES string of the molecule is N#C[C@@]1(c2ccc3c(N)ncnn23)O[C@H](COP(=O)([O-])OP(=O)([O-])OP(=O)([O-])[O-])[C@@H](O)[C@H]1O. The molecule has 1 saturated heterocycles. The molecule has 182 valence electrons. The zero-order valence-electron chi connectivity index (χ0n) is 15.8. The Morgan fingerprint density at radius 3 is 2.48 bits per heavy atom. The van der Waals surface area contributed by atoms with Crippen molar-refractivity contribution in [1.82, 2.24) is 14.6 Å². The summed E-state index contributed by atoms with van der Waals surface area (Å²) < 4.78 is 50.3. The minimum absolute atomic E-state index is 0.00617. The van der Waals surface area contributed by atoms with E-state index in [1.807, 2.05) is 0 Å². The van der Waals surface area contributed by atoms with E-state index in [1.54, 1.807) is 6.07 Å². The standard InChI is InChI=1S/C12H16N5O13P3/c13-4-12(8-2-1-6-11(14)15-5-16-17(6)8)10(19)9(18)7(28-12)3-27-32(23,24)30-33(25,26)29-31(20,21)22/h1-2,5,7,9-10,18-19H,3H2,(H,23,24)(H,25,26)(H2,14,15,16)(H2,20,21,22)/p-4/t7-,9-,10-,12+/m1/s1. The number of ether oxygens (including phenoxy) is 1. The Morgan fingerprint density at radius 1 is 1.21 bits per heavy atom. The van der Waals surface area contributed by atoms with Gasteiger partial charge >= 0.3 is 0 Å². The van der Waals surface area contributed by atoms with Crippen LogP contribution in [0, 0.1) is 11.3 Å². The second-order valence-electron chi connectivity index (χ2n) is 6.40. The van der Waals surface area contributed by atoms with Gasteiger partial charge in [0.2, 0.25) is 5.60 Å². The van der Waals surface area contributed by atoms with Gasteiger partial charge in [-0.2, -0.15) is 10.4 Å². The van der Waals surface area contributed by atoms with E-state index >= 15 is 0 Å². The Morgan fingerprint density at radius 2 is 1.88 bits per heavy atom. The summed E-state index contributed by atoms with van der Waals surface area (Å²) in [6, 6.07) is 4.32. The lowest BCUT2D eigenvalue weighted by Crippen LogP contribution is -2.41. The number of phosphoric ester groups is 1. The van der Waals surface area contributed by atoms with Crippen LogP contribution in [0.4, 0.5) is 5.82 Å². The molecule has 3 rings (SSSR count). The van der Waals surface area contributed by atoms with Gasteiger partial charge in [0.1, 0.15) is 36.2 Å². The van der Waals surface area contributed by atoms with Crippen LogP contribution >= 0.6 is 23.5 Å². The number of aromatic nitrogens is 3. The molecule has 0 bridgehead atoms. The molecule has 1 aliphatic heterocycles. The number of rotatable bonds is 8. The maximum atomic E-state index is 11.7. The lowest BCUT2D eigenvalue weighted by molar-refractivity contribution is -0.339. The number of nitriles is 1. The molecule has 1 aliphatic rings. The molecule has 0 aromatic carbocycles. The van der Waals surface area contributed by atoms with Gasteiger partial charge in [0, 0.05) is 0 Å². The van der Waals surface area contributed by atoms with Crippen molar-refractivity contribution in [3.63, 3.8) is 0 Å². The monoisotopic (exact) mass is 527 g/mol. The van der Waals surface area contributed by atoms with Crippen LogP contribution in [0.3, 0.4) is 0 Å². The van der Waals surface area contributed by atoms with Crippen LogP contribution in [-0.4, -0.2) is 49.7 Å². The number of nitrogens with zero attached hydrogens (tertiary/aromatic N) is 4. The maximum absolute atomic E-state index is 11.7. The lowest BCUT2D eigenvalue weighted by atomic mass is 9.92. The number of aliphatic hydroxyl groups excluding tert-OH is 2. The predicted octanol–water partition coefficient (Wildman–Crippen LogP) is -4.03. The fourth-order valence-electron chi connectivity index (χ4n) is 3.00. The Hall–Kier alpha value is -1.80. The second-order valence-corrected chi connectivity index (χ2v) is 10.6. The molecule has 2 aromatic rings. The fourth-order valence-corrected chi connectivity index (χ4v) is 5.86. The van der Waals surface area contributed by atoms with E-state index < -0.39 is 54.0 Å². The van der Waals surface area contributed by atoms with Gasteiger partial charge in [-0.25, -0.2) is 13.8 Å². The summed E-state index contributed by atoms with van der Waals surface area (Å²) in [4.78, 5) is 47.3. The van der Waals surface area contributed by atoms with Crippen molar-refractivity contribution >= 4 is 34.8 Å². The van der Waals surface area contributed by atoms with Gasteiger partial charge in [0.15, 0.2) is 5.82 Å². The summed E-state index contributed by atoms with van der Waals surface area (Å²) in [6.07, 6.45) is -4.66. The van der Waals surface area contributed by atoms with Crippen molar-refractivity contribution in [3.8, 4) is 6.07 Å². The molecule has 21 heteroatoms. The summed E-state index contributed by atoms with van der Waals surface area (Å²) in [5.74, 6) is 0.00617. The number of anilines is 1. The number of hydrogen-bond donors (Lipinski definition) is 3. The lowest BCUT2D eigenvalue weighted by Gasteiger charge is -2.37. The Balaban J connectivity index is 1.80. The molecule has 0 spiro atoms. The third-order valence-electron chi connectivity index (χ3n) is 4.28. The van der Waals surface area contributed by atoms with E-state index in [4.69, 9.17) is 10.5 Å². The van der Waals surface area contributed by atoms with E-state index in [2.05, 4.69) is 23.2 Å². The number of hydrogen-bond acceptors (Lipinski definition) is 17. The molecular formula is C12H12N5O13P3-4. The highest BCUT2D eigenvalue weighted by Gasteiger charge is 2.57. The topological polar surface area (TPSA) is 301 Å². The Kier molecular flexibility index (Phi) is 6.86. The highest BCUT2D eigenvalue weighted by molar-refractivity contribution is 7.64. The second kappa shape index (κ2) is 8.77. The summed E-state index contributed by atoms with van der Waals surface area (Å²) in [5.41, 5.74) is 3.48. The average molecular weight is 527 g/mol. The molecular weight excluding hydrogens is 515 g/mol. The van der Waals surface area contributed by atoms with Gasteiger partial charge in [-0.3, -0.25) is 13.4 Å². The summed E-state index contributed by atoms with van der Waals surface area (Å²) in [5, 5.41) is 34.4. The zero-order chi connectivity index (χ0) is 24.8. The molecule has 0 amide bonds. The van der Waals surface area contributed by atoms with Crippen LogP contribution in [0.1, 0.15) is 5.69 Å². The van der Waals surface area contributed by atoms with E-state index in [0.717, 1.165) is 10.8 Å². The summed E-state index contributed by atoms with van der Waals surface area (Å²) >= 11 is 0. The van der Waals surface area contributed by atoms with Gasteiger partial charge in [0.25, 0.3) is 15.6 Å². The molecule has 0 saturated carbocycles. The first-order valence-electron chi connectivity index (χ1n) is 8.36. The molecule has 3 heterocycles. The van der Waals surface area contributed by atoms with Crippen LogP contribution in [0.5, 0.6) is 0 Å². The van der Waals surface area contributed by atoms with Gasteiger partial charge in [0.05, 0.1) is 20.1 Å². The first-order chi connectivity index (χ1) is 15.1. The molecule has 4 N–H and O–H groups in total. The number of fused-ring (bicyclic) bond motifs is 1. The molecule has 33 heavy (non-hydrogen) atoms. The largest absolute Gasteiger partial charge is 0.790 e. The van der Waals surface area contributed by atoms with Crippen LogP contribution < -0.4 is 25.3 Å². The normalized spacial score (nSPS) is 29.4. The zero-order valence-corrected chi connectivity index (χ0v) is 18.4.